The summed E-state index contributed by atoms with van der Waals surface area (Å²) in [5.74, 6) is 0.912. The van der Waals surface area contributed by atoms with Gasteiger partial charge in [-0.25, -0.2) is 27.8 Å². The van der Waals surface area contributed by atoms with Gasteiger partial charge in [-0.05, 0) is 111 Å². The van der Waals surface area contributed by atoms with Gasteiger partial charge in [-0.15, -0.1) is 10.2 Å². The average Bonchev–Trinajstić information content (AvgIpc) is 4.08. The number of rotatable bonds is 18. The van der Waals surface area contributed by atoms with Crippen LogP contribution in [0.15, 0.2) is 116 Å². The van der Waals surface area contributed by atoms with Crippen molar-refractivity contribution in [2.45, 2.75) is 70.7 Å². The van der Waals surface area contributed by atoms with Gasteiger partial charge in [0.2, 0.25) is 23.5 Å². The predicted molar refractivity (Wildman–Crippen MR) is 235 cm³/mol. The van der Waals surface area contributed by atoms with Crippen molar-refractivity contribution in [2.75, 3.05) is 39.6 Å². The van der Waals surface area contributed by atoms with Crippen molar-refractivity contribution >= 4 is 31.5 Å². The summed E-state index contributed by atoms with van der Waals surface area (Å²) in [5, 5.41) is 30.2. The zero-order valence-corrected chi connectivity index (χ0v) is 38.1. The molecule has 68 heavy (non-hydrogen) atoms. The predicted octanol–water partition coefficient (Wildman–Crippen LogP) is 3.94. The molecule has 4 aromatic heterocycles. The molecule has 0 atom stereocenters. The molecule has 0 aliphatic carbocycles. The number of ether oxygens (including phenoxy) is 4. The average molecular weight is 977 g/mol. The number of benzene rings is 2. The van der Waals surface area contributed by atoms with E-state index in [4.69, 9.17) is 38.3 Å². The summed E-state index contributed by atoms with van der Waals surface area (Å²) in [6, 6.07) is 18.9. The summed E-state index contributed by atoms with van der Waals surface area (Å²) >= 11 is 0. The van der Waals surface area contributed by atoms with Crippen molar-refractivity contribution < 1.29 is 64.7 Å². The van der Waals surface area contributed by atoms with Gasteiger partial charge in [-0.1, -0.05) is 5.16 Å². The highest BCUT2D eigenvalue weighted by molar-refractivity contribution is 7.94. The second-order valence-electron chi connectivity index (χ2n) is 15.4. The molecule has 6 heterocycles. The number of carbonyl (C=O) groups is 2. The van der Waals surface area contributed by atoms with Gasteiger partial charge in [-0.3, -0.25) is 30.0 Å². The van der Waals surface area contributed by atoms with Crippen LogP contribution in [0.25, 0.3) is 22.8 Å². The summed E-state index contributed by atoms with van der Waals surface area (Å²) in [6.07, 6.45) is 8.69. The van der Waals surface area contributed by atoms with Gasteiger partial charge in [0.15, 0.2) is 29.2 Å². The zero-order chi connectivity index (χ0) is 48.0. The van der Waals surface area contributed by atoms with Crippen LogP contribution in [0.2, 0.25) is 0 Å². The highest BCUT2D eigenvalue weighted by Crippen LogP contribution is 2.37. The van der Waals surface area contributed by atoms with Crippen molar-refractivity contribution in [3.8, 4) is 34.3 Å². The first-order valence-electron chi connectivity index (χ1n) is 21.4. The normalized spacial score (nSPS) is 15.6. The highest BCUT2D eigenvalue weighted by Gasteiger charge is 2.53. The first-order valence-corrected chi connectivity index (χ1v) is 24.3. The second-order valence-corrected chi connectivity index (χ2v) is 20.0. The number of hydrogen-bond donors (Lipinski definition) is 4. The van der Waals surface area contributed by atoms with Crippen LogP contribution in [-0.4, -0.2) is 119 Å². The fourth-order valence-electron chi connectivity index (χ4n) is 7.48. The fraction of sp³-hybridized carbons (Fsp3) is 0.364. The minimum Gasteiger partial charge on any atom is -0.494 e. The standard InChI is InChI=1S/2C22H24N4O7S/c27-21(25-28)22(9-13-31-14-10-22)34(29,30)18-7-5-17(6-8-18)32-12-2-4-19-24-20(26-33-19)16-3-1-11-23-15-16;27-21(26-28)22(9-14-31-15-10-22)34(29,30)18-5-3-17(4-6-18)32-13-1-2-19-24-25-20(33-19)16-7-11-23-12-8-16/h1,3,5-8,11,15,28H,2,4,9-10,12-14H2,(H,25,27);3-8,11-12,28H,1-2,9-10,13-15H2,(H,26,27). The molecule has 8 rings (SSSR count). The van der Waals surface area contributed by atoms with E-state index < -0.39 is 41.0 Å². The number of aryl methyl sites for hydroxylation is 2. The number of carbonyl (C=O) groups excluding carboxylic acids is 2. The number of hydrogen-bond acceptors (Lipinski definition) is 20. The van der Waals surface area contributed by atoms with E-state index in [-0.39, 0.29) is 61.9 Å². The maximum absolute atomic E-state index is 13.2. The molecule has 360 valence electrons. The quantitative estimate of drug-likeness (QED) is 0.0538. The summed E-state index contributed by atoms with van der Waals surface area (Å²) in [4.78, 5) is 36.9. The smallest absolute Gasteiger partial charge is 0.265 e. The minimum absolute atomic E-state index is 0.0279. The summed E-state index contributed by atoms with van der Waals surface area (Å²) in [7, 11) is -8.15. The van der Waals surface area contributed by atoms with Crippen LogP contribution in [-0.2, 0) is 51.6 Å². The first-order chi connectivity index (χ1) is 32.9. The van der Waals surface area contributed by atoms with E-state index in [9.17, 15) is 26.4 Å². The van der Waals surface area contributed by atoms with Crippen LogP contribution in [0.5, 0.6) is 11.5 Å². The molecule has 2 fully saturated rings. The minimum atomic E-state index is -4.07. The molecule has 2 saturated heterocycles. The molecule has 22 nitrogen and oxygen atoms in total. The van der Waals surface area contributed by atoms with E-state index in [2.05, 4.69) is 30.3 Å². The lowest BCUT2D eigenvalue weighted by Gasteiger charge is -2.34. The number of aromatic nitrogens is 6. The topological polar surface area (TPSA) is 307 Å². The first kappa shape index (κ1) is 49.2. The lowest BCUT2D eigenvalue weighted by Crippen LogP contribution is -2.54. The summed E-state index contributed by atoms with van der Waals surface area (Å²) in [5.41, 5.74) is 4.56. The fourth-order valence-corrected chi connectivity index (χ4v) is 11.4. The third-order valence-corrected chi connectivity index (χ3v) is 16.3. The maximum atomic E-state index is 13.2. The molecular weight excluding hydrogens is 929 g/mol. The lowest BCUT2D eigenvalue weighted by molar-refractivity contribution is -0.135. The van der Waals surface area contributed by atoms with Crippen LogP contribution in [0.1, 0.15) is 50.3 Å². The number of amides is 2. The van der Waals surface area contributed by atoms with E-state index in [1.807, 2.05) is 6.07 Å². The Morgan fingerprint density at radius 3 is 1.63 bits per heavy atom. The SMILES string of the molecule is O=C(NO)C1(S(=O)(=O)c2ccc(OCCCc3nc(-c4cccnc4)no3)cc2)CCOCC1.O=C(NO)C1(S(=O)(=O)c2ccc(OCCCc3nnc(-c4ccncc4)o3)cc2)CCOCC1. The maximum Gasteiger partial charge on any atom is 0.265 e. The molecule has 0 unspecified atom stereocenters. The Morgan fingerprint density at radius 2 is 1.15 bits per heavy atom. The highest BCUT2D eigenvalue weighted by atomic mass is 32.2. The summed E-state index contributed by atoms with van der Waals surface area (Å²) in [6.45, 7) is 1.14. The van der Waals surface area contributed by atoms with Crippen LogP contribution in [0.3, 0.4) is 0 Å². The molecule has 0 saturated carbocycles. The van der Waals surface area contributed by atoms with Gasteiger partial charge in [-0.2, -0.15) is 4.98 Å². The Hall–Kier alpha value is -6.70. The molecular formula is C44H48N8O14S2. The molecule has 0 spiro atoms. The third kappa shape index (κ3) is 11.0. The Labute approximate surface area is 390 Å². The van der Waals surface area contributed by atoms with Gasteiger partial charge >= 0.3 is 0 Å². The molecule has 2 aromatic carbocycles. The van der Waals surface area contributed by atoms with Crippen molar-refractivity contribution in [1.82, 2.24) is 41.3 Å². The van der Waals surface area contributed by atoms with Gasteiger partial charge < -0.3 is 27.9 Å². The van der Waals surface area contributed by atoms with Gasteiger partial charge in [0.05, 0.1) is 23.0 Å². The number of nitrogens with one attached hydrogen (secondary N) is 2. The van der Waals surface area contributed by atoms with Crippen molar-refractivity contribution in [3.63, 3.8) is 0 Å². The van der Waals surface area contributed by atoms with Crippen molar-refractivity contribution in [2.24, 2.45) is 0 Å². The molecule has 0 radical (unpaired) electrons. The Bertz CT molecular complexity index is 2610. The molecule has 2 aliphatic rings. The monoisotopic (exact) mass is 976 g/mol. The van der Waals surface area contributed by atoms with E-state index >= 15 is 0 Å². The molecule has 0 bridgehead atoms. The zero-order valence-electron chi connectivity index (χ0n) is 36.4. The molecule has 2 amide bonds. The van der Waals surface area contributed by atoms with Crippen molar-refractivity contribution in [3.05, 3.63) is 109 Å². The number of nitrogens with zero attached hydrogens (tertiary/aromatic N) is 6. The van der Waals surface area contributed by atoms with Gasteiger partial charge in [0.1, 0.15) is 11.5 Å². The van der Waals surface area contributed by atoms with E-state index in [1.165, 1.54) is 59.5 Å². The van der Waals surface area contributed by atoms with Crippen LogP contribution < -0.4 is 20.4 Å². The third-order valence-electron chi connectivity index (χ3n) is 11.3. The summed E-state index contributed by atoms with van der Waals surface area (Å²) < 4.78 is 82.1. The molecule has 24 heteroatoms. The number of pyridine rings is 2. The molecule has 6 aromatic rings. The number of hydroxylamine groups is 2. The lowest BCUT2D eigenvalue weighted by atomic mass is 9.98. The van der Waals surface area contributed by atoms with E-state index in [0.29, 0.717) is 73.9 Å². The van der Waals surface area contributed by atoms with Crippen LogP contribution >= 0.6 is 0 Å². The van der Waals surface area contributed by atoms with Gasteiger partial charge in [0.25, 0.3) is 11.8 Å². The van der Waals surface area contributed by atoms with Crippen LogP contribution in [0.4, 0.5) is 0 Å². The Balaban J connectivity index is 0.000000201. The number of sulfone groups is 2. The largest absolute Gasteiger partial charge is 0.494 e. The van der Waals surface area contributed by atoms with Crippen molar-refractivity contribution in [1.29, 1.82) is 0 Å². The van der Waals surface area contributed by atoms with Crippen LogP contribution in [0, 0.1) is 0 Å². The van der Waals surface area contributed by atoms with Gasteiger partial charge in [0, 0.05) is 75.2 Å². The molecule has 4 N–H and O–H groups in total. The Kier molecular flexibility index (Phi) is 16.2. The second kappa shape index (κ2) is 22.4. The molecule has 2 aliphatic heterocycles. The van der Waals surface area contributed by atoms with E-state index in [0.717, 1.165) is 11.1 Å². The van der Waals surface area contributed by atoms with E-state index in [1.54, 1.807) is 43.0 Å². The Morgan fingerprint density at radius 1 is 0.632 bits per heavy atom.